The topological polar surface area (TPSA) is 38.9 Å². The molecular weight excluding hydrogens is 813 g/mol. The Morgan fingerprint density at radius 3 is 2.31 bits per heavy atom. The van der Waals surface area contributed by atoms with Crippen LogP contribution in [0.4, 0.5) is 0 Å². The van der Waals surface area contributed by atoms with Crippen LogP contribution in [-0.2, 0) is 26.5 Å². The summed E-state index contributed by atoms with van der Waals surface area (Å²) in [5.74, 6) is -0.875. The molecule has 1 fully saturated rings. The minimum atomic E-state index is -2.59. The van der Waals surface area contributed by atoms with Gasteiger partial charge in [-0.1, -0.05) is 99.4 Å². The third kappa shape index (κ3) is 8.30. The number of nitrogens with zero attached hydrogens (tertiary/aromatic N) is 2. The molecule has 4 aromatic carbocycles. The molecule has 0 amide bonds. The van der Waals surface area contributed by atoms with Crippen molar-refractivity contribution in [3.63, 3.8) is 0 Å². The molecule has 7 aromatic rings. The molecule has 0 spiro atoms. The maximum atomic E-state index is 8.93. The third-order valence-corrected chi connectivity index (χ3v) is 8.89. The first-order valence-corrected chi connectivity index (χ1v) is 17.0. The van der Waals surface area contributed by atoms with Gasteiger partial charge < -0.3 is 14.4 Å². The second-order valence-corrected chi connectivity index (χ2v) is 13.9. The molecule has 1 radical (unpaired) electrons. The Bertz CT molecular complexity index is 2880. The Hall–Kier alpha value is -4.37. The van der Waals surface area contributed by atoms with Crippen LogP contribution >= 0.6 is 0 Å². The van der Waals surface area contributed by atoms with Crippen molar-refractivity contribution in [2.45, 2.75) is 86.1 Å². The normalized spacial score (nSPS) is 19.3. The van der Waals surface area contributed by atoms with E-state index in [1.807, 2.05) is 20.8 Å². The quantitative estimate of drug-likeness (QED) is 0.162. The van der Waals surface area contributed by atoms with Crippen molar-refractivity contribution >= 4 is 21.9 Å². The first-order valence-electron chi connectivity index (χ1n) is 24.5. The Morgan fingerprint density at radius 2 is 1.60 bits per heavy atom. The summed E-state index contributed by atoms with van der Waals surface area (Å²) in [5, 5.41) is 1.25. The average Bonchev–Trinajstić information content (AvgIpc) is 3.86. The van der Waals surface area contributed by atoms with Gasteiger partial charge in [-0.3, -0.25) is 0 Å². The summed E-state index contributed by atoms with van der Waals surface area (Å²) in [6.45, 7) is -4.05. The minimum absolute atomic E-state index is 0. The minimum Gasteiger partial charge on any atom is -0.501 e. The predicted molar refractivity (Wildman–Crippen MR) is 213 cm³/mol. The van der Waals surface area contributed by atoms with Gasteiger partial charge in [-0.15, -0.1) is 53.6 Å². The fourth-order valence-electron chi connectivity index (χ4n) is 6.48. The number of aryl methyl sites for hydroxylation is 4. The number of hydrogen-bond donors (Lipinski definition) is 0. The average molecular weight is 876 g/mol. The zero-order chi connectivity index (χ0) is 48.4. The van der Waals surface area contributed by atoms with Gasteiger partial charge in [-0.05, 0) is 108 Å². The zero-order valence-corrected chi connectivity index (χ0v) is 31.6. The Labute approximate surface area is 344 Å². The maximum Gasteiger partial charge on any atom is 0.120 e. The molecule has 1 aliphatic rings. The van der Waals surface area contributed by atoms with E-state index in [1.165, 1.54) is 24.5 Å². The molecule has 52 heavy (non-hydrogen) atoms. The Morgan fingerprint density at radius 1 is 0.788 bits per heavy atom. The summed E-state index contributed by atoms with van der Waals surface area (Å²) in [7, 11) is 0. The van der Waals surface area contributed by atoms with Crippen molar-refractivity contribution in [3.8, 4) is 33.6 Å². The SMILES string of the molecule is [2H]C([2H])([2H])c1c[c-]c(-c2ccc(C([2H])([2H])C(C)(C)C)cn2)cc1.[2H]C([2H])([2H])c1ccc2oc3c(-c4cc(-c5ccc(C6([2H])CCCC6)cc5C([2H])([2H])[2H])c(C([2H])([2H])[2H])cn4)[c-]ccc3c2c1.[Ir]. The monoisotopic (exact) mass is 876 g/mol. The van der Waals surface area contributed by atoms with E-state index in [0.717, 1.165) is 12.8 Å². The van der Waals surface area contributed by atoms with E-state index in [0.29, 0.717) is 68.4 Å². The second kappa shape index (κ2) is 15.7. The summed E-state index contributed by atoms with van der Waals surface area (Å²) in [4.78, 5) is 8.76. The molecule has 0 bridgehead atoms. The number of aromatic nitrogens is 2. The fraction of sp³-hybridized carbons (Fsp3) is 0.292. The molecule has 0 aliphatic heterocycles. The van der Waals surface area contributed by atoms with Crippen LogP contribution in [0, 0.1) is 45.0 Å². The fourth-order valence-corrected chi connectivity index (χ4v) is 6.48. The third-order valence-electron chi connectivity index (χ3n) is 8.89. The van der Waals surface area contributed by atoms with Crippen LogP contribution in [0.15, 0.2) is 102 Å². The molecule has 3 nitrogen and oxygen atoms in total. The van der Waals surface area contributed by atoms with Crippen molar-refractivity contribution in [1.82, 2.24) is 9.97 Å². The molecule has 3 heterocycles. The first kappa shape index (κ1) is 22.6. The van der Waals surface area contributed by atoms with Gasteiger partial charge in [0.15, 0.2) is 0 Å². The Balaban J connectivity index is 0.000000262. The van der Waals surface area contributed by atoms with Crippen molar-refractivity contribution < 1.29 is 45.1 Å². The van der Waals surface area contributed by atoms with Crippen LogP contribution in [0.1, 0.15) is 106 Å². The molecule has 1 saturated carbocycles. The van der Waals surface area contributed by atoms with Gasteiger partial charge in [-0.25, -0.2) is 0 Å². The Kier molecular flexibility index (Phi) is 6.84. The standard InChI is InChI=1S/C31H28NO.C17H20N.Ir/c1-19-11-14-30-28(15-19)25-9-6-10-26(31(25)33-30)29-17-27(21(3)18-32-29)24-13-12-23(16-20(24)2)22-7-4-5-8-22;1-13-5-8-15(9-6-13)16-10-7-14(12-18-16)11-17(2,3)4;/h6,9,11-18,22H,4-5,7-8H2,1-3H3;5-8,10,12H,11H2,1-4H3;/q2*-1;/i1D3,2D3,3D3,22D;1D3,11D2;. The summed E-state index contributed by atoms with van der Waals surface area (Å²) in [6.07, 6.45) is 4.34. The van der Waals surface area contributed by atoms with Crippen LogP contribution in [0.25, 0.3) is 55.6 Å². The van der Waals surface area contributed by atoms with E-state index < -0.39 is 45.1 Å². The van der Waals surface area contributed by atoms with Crippen molar-refractivity contribution in [2.75, 3.05) is 0 Å². The van der Waals surface area contributed by atoms with Gasteiger partial charge in [0.1, 0.15) is 5.58 Å². The molecule has 267 valence electrons. The number of furan rings is 1. The number of hydrogen-bond acceptors (Lipinski definition) is 3. The molecule has 1 aliphatic carbocycles. The second-order valence-electron chi connectivity index (χ2n) is 13.9. The number of pyridine rings is 2. The van der Waals surface area contributed by atoms with Crippen LogP contribution < -0.4 is 0 Å². The maximum absolute atomic E-state index is 8.93. The molecule has 0 N–H and O–H groups in total. The van der Waals surface area contributed by atoms with Gasteiger partial charge in [0.25, 0.3) is 0 Å². The predicted octanol–water partition coefficient (Wildman–Crippen LogP) is 13.1. The van der Waals surface area contributed by atoms with Gasteiger partial charge in [0.2, 0.25) is 0 Å². The molecule has 0 saturated heterocycles. The molecule has 0 atom stereocenters. The smallest absolute Gasteiger partial charge is 0.120 e. The van der Waals surface area contributed by atoms with E-state index in [-0.39, 0.29) is 53.5 Å². The number of benzene rings is 4. The largest absolute Gasteiger partial charge is 0.501 e. The van der Waals surface area contributed by atoms with E-state index in [4.69, 9.17) is 25.0 Å². The molecule has 3 aromatic heterocycles. The summed E-state index contributed by atoms with van der Waals surface area (Å²) < 4.78 is 127. The van der Waals surface area contributed by atoms with Gasteiger partial charge >= 0.3 is 0 Å². The van der Waals surface area contributed by atoms with E-state index in [1.54, 1.807) is 72.8 Å². The van der Waals surface area contributed by atoms with Crippen molar-refractivity contribution in [3.05, 3.63) is 143 Å². The molecular formula is C48H48IrN2O-2. The van der Waals surface area contributed by atoms with Crippen LogP contribution in [0.5, 0.6) is 0 Å². The summed E-state index contributed by atoms with van der Waals surface area (Å²) >= 11 is 0. The van der Waals surface area contributed by atoms with Crippen molar-refractivity contribution in [1.29, 1.82) is 0 Å². The number of rotatable bonds is 5. The first-order chi connectivity index (χ1) is 30.5. The number of fused-ring (bicyclic) bond motifs is 3. The molecule has 8 rings (SSSR count). The van der Waals surface area contributed by atoms with E-state index >= 15 is 0 Å². The van der Waals surface area contributed by atoms with Crippen molar-refractivity contribution in [2.24, 2.45) is 5.41 Å². The summed E-state index contributed by atoms with van der Waals surface area (Å²) in [5.41, 5.74) is 4.23. The van der Waals surface area contributed by atoms with Crippen LogP contribution in [0.2, 0.25) is 0 Å². The zero-order valence-electron chi connectivity index (χ0n) is 44.2. The van der Waals surface area contributed by atoms with E-state index in [2.05, 4.69) is 22.1 Å². The molecule has 0 unspecified atom stereocenters. The van der Waals surface area contributed by atoms with Crippen LogP contribution in [-0.4, -0.2) is 9.97 Å². The van der Waals surface area contributed by atoms with Gasteiger partial charge in [-0.2, -0.15) is 0 Å². The van der Waals surface area contributed by atoms with Gasteiger partial charge in [0.05, 0.1) is 5.58 Å². The van der Waals surface area contributed by atoms with E-state index in [9.17, 15) is 0 Å². The summed E-state index contributed by atoms with van der Waals surface area (Å²) in [6, 6.07) is 28.7. The molecule has 4 heteroatoms. The van der Waals surface area contributed by atoms with Crippen LogP contribution in [0.3, 0.4) is 0 Å². The van der Waals surface area contributed by atoms with Gasteiger partial charge in [0, 0.05) is 58.4 Å².